The van der Waals surface area contributed by atoms with Gasteiger partial charge in [-0.1, -0.05) is 279 Å². The van der Waals surface area contributed by atoms with Crippen molar-refractivity contribution in [1.29, 1.82) is 0 Å². The molecule has 80 heavy (non-hydrogen) atoms. The van der Waals surface area contributed by atoms with E-state index in [0.717, 1.165) is 111 Å². The Morgan fingerprint density at radius 1 is 0.275 bits per heavy atom. The van der Waals surface area contributed by atoms with Crippen molar-refractivity contribution >= 4 is 50.1 Å². The molecule has 0 fully saturated rings. The van der Waals surface area contributed by atoms with Crippen LogP contribution in [0.5, 0.6) is 11.5 Å². The number of nitrogens with zero attached hydrogens (tertiary/aromatic N) is 2. The number of para-hydroxylation sites is 2. The molecule has 0 bridgehead atoms. The Morgan fingerprint density at radius 2 is 0.625 bits per heavy atom. The molecule has 0 aliphatic carbocycles. The highest BCUT2D eigenvalue weighted by molar-refractivity contribution is 9.10. The summed E-state index contributed by atoms with van der Waals surface area (Å²) in [5.41, 5.74) is 20.2. The smallest absolute Gasteiger partial charge is 0.130 e. The maximum absolute atomic E-state index is 6.96. The molecule has 0 aromatic heterocycles. The van der Waals surface area contributed by atoms with Crippen molar-refractivity contribution in [2.45, 2.75) is 26.2 Å². The van der Waals surface area contributed by atoms with E-state index in [1.54, 1.807) is 0 Å². The zero-order valence-corrected chi connectivity index (χ0v) is 46.6. The van der Waals surface area contributed by atoms with Crippen molar-refractivity contribution in [2.75, 3.05) is 9.80 Å². The predicted octanol–water partition coefficient (Wildman–Crippen LogP) is 22.5. The first kappa shape index (κ1) is 51.3. The summed E-state index contributed by atoms with van der Waals surface area (Å²) < 4.78 is 7.84. The number of anilines is 6. The summed E-state index contributed by atoms with van der Waals surface area (Å²) in [6.45, 7) is 6.95. The first-order chi connectivity index (χ1) is 39.2. The number of rotatable bonds is 14. The van der Waals surface area contributed by atoms with E-state index in [1.165, 1.54) is 5.56 Å². The fourth-order valence-electron chi connectivity index (χ4n) is 10.8. The molecule has 4 heteroatoms. The molecule has 0 saturated heterocycles. The van der Waals surface area contributed by atoms with E-state index in [-0.39, 0.29) is 5.41 Å². The molecule has 0 atom stereocenters. The van der Waals surface area contributed by atoms with Crippen molar-refractivity contribution < 1.29 is 4.74 Å². The van der Waals surface area contributed by atoms with Gasteiger partial charge in [0.15, 0.2) is 0 Å². The average molecular weight is 1100 g/mol. The lowest BCUT2D eigenvalue weighted by Gasteiger charge is -2.35. The molecule has 12 rings (SSSR count). The normalized spacial score (nSPS) is 11.2. The van der Waals surface area contributed by atoms with Gasteiger partial charge in [-0.3, -0.25) is 0 Å². The number of hydrogen-bond acceptors (Lipinski definition) is 3. The Kier molecular flexibility index (Phi) is 14.6. The van der Waals surface area contributed by atoms with Crippen LogP contribution in [0.25, 0.3) is 66.8 Å². The van der Waals surface area contributed by atoms with Gasteiger partial charge in [-0.25, -0.2) is 0 Å². The fraction of sp³-hybridized carbons (Fsp3) is 0.0526. The van der Waals surface area contributed by atoms with Crippen LogP contribution in [0.2, 0.25) is 0 Å². The molecular weight excluding hydrogens is 1040 g/mol. The molecule has 12 aromatic rings. The molecule has 3 nitrogen and oxygen atoms in total. The minimum Gasteiger partial charge on any atom is -0.457 e. The SMILES string of the molecule is CC(C)(C)c1cc(N(c2cc(Br)cc(Oc3cccc(-c4ccccc4)c3)c2)c2c(-c3ccccc3)cccc2-c2ccccc2)cc(N(c2cccc(-c3ccccc3)c2)c2c(-c3ccccc3)cccc2-c2ccccc2)c1. The van der Waals surface area contributed by atoms with Gasteiger partial charge >= 0.3 is 0 Å². The van der Waals surface area contributed by atoms with Crippen LogP contribution in [0.3, 0.4) is 0 Å². The molecule has 0 heterocycles. The molecule has 0 saturated carbocycles. The zero-order valence-electron chi connectivity index (χ0n) is 45.0. The van der Waals surface area contributed by atoms with Crippen LogP contribution in [0, 0.1) is 0 Å². The lowest BCUT2D eigenvalue weighted by atomic mass is 9.85. The molecule has 0 unspecified atom stereocenters. The third-order valence-electron chi connectivity index (χ3n) is 14.6. The van der Waals surface area contributed by atoms with Gasteiger partial charge in [0.2, 0.25) is 0 Å². The minimum atomic E-state index is -0.300. The average Bonchev–Trinajstić information content (AvgIpc) is 3.56. The van der Waals surface area contributed by atoms with Gasteiger partial charge in [0.05, 0.1) is 17.1 Å². The van der Waals surface area contributed by atoms with Gasteiger partial charge in [-0.2, -0.15) is 0 Å². The minimum absolute atomic E-state index is 0.300. The fourth-order valence-corrected chi connectivity index (χ4v) is 11.2. The van der Waals surface area contributed by atoms with Gasteiger partial charge in [0, 0.05) is 49.9 Å². The quantitative estimate of drug-likeness (QED) is 0.108. The molecule has 0 N–H and O–H groups in total. The van der Waals surface area contributed by atoms with Gasteiger partial charge in [0.1, 0.15) is 11.5 Å². The summed E-state index contributed by atoms with van der Waals surface area (Å²) >= 11 is 4.03. The van der Waals surface area contributed by atoms with Crippen LogP contribution in [0.4, 0.5) is 34.1 Å². The van der Waals surface area contributed by atoms with Crippen molar-refractivity contribution in [3.05, 3.63) is 313 Å². The summed E-state index contributed by atoms with van der Waals surface area (Å²) in [6, 6.07) is 109. The van der Waals surface area contributed by atoms with E-state index in [9.17, 15) is 0 Å². The van der Waals surface area contributed by atoms with Gasteiger partial charge in [0.25, 0.3) is 0 Å². The number of ether oxygens (including phenoxy) is 1. The van der Waals surface area contributed by atoms with E-state index in [0.29, 0.717) is 5.75 Å². The highest BCUT2D eigenvalue weighted by Gasteiger charge is 2.29. The van der Waals surface area contributed by atoms with Crippen molar-refractivity contribution in [3.8, 4) is 78.3 Å². The third-order valence-corrected chi connectivity index (χ3v) is 15.1. The van der Waals surface area contributed by atoms with E-state index in [1.807, 2.05) is 12.1 Å². The monoisotopic (exact) mass is 1090 g/mol. The topological polar surface area (TPSA) is 15.7 Å². The van der Waals surface area contributed by atoms with Crippen molar-refractivity contribution in [1.82, 2.24) is 0 Å². The maximum Gasteiger partial charge on any atom is 0.130 e. The highest BCUT2D eigenvalue weighted by Crippen LogP contribution is 2.53. The number of hydrogen-bond donors (Lipinski definition) is 0. The lowest BCUT2D eigenvalue weighted by molar-refractivity contribution is 0.482. The third kappa shape index (κ3) is 11.0. The number of benzene rings is 12. The Bertz CT molecular complexity index is 3950. The van der Waals surface area contributed by atoms with Crippen LogP contribution in [0.15, 0.2) is 308 Å². The van der Waals surface area contributed by atoms with Crippen molar-refractivity contribution in [2.24, 2.45) is 0 Å². The second-order valence-corrected chi connectivity index (χ2v) is 22.0. The van der Waals surface area contributed by atoms with Gasteiger partial charge < -0.3 is 14.5 Å². The van der Waals surface area contributed by atoms with Crippen LogP contribution >= 0.6 is 15.9 Å². The Hall–Kier alpha value is -9.48. The first-order valence-corrected chi connectivity index (χ1v) is 28.0. The van der Waals surface area contributed by atoms with Crippen LogP contribution < -0.4 is 14.5 Å². The standard InChI is InChI=1S/C76H59BrN2O/c1-76(2,3)62-48-65(78(64-40-22-38-60(46-64)54-26-10-4-11-27-54)74-70(56-30-14-6-15-31-56)42-24-43-71(74)57-32-16-7-17-33-57)52-66(49-62)79(75-72(58-34-18-8-19-35-58)44-25-45-73(75)59-36-20-9-21-37-59)67-50-63(77)51-69(53-67)80-68-41-23-39-61(47-68)55-28-12-5-13-29-55/h4-53H,1-3H3. The van der Waals surface area contributed by atoms with E-state index in [4.69, 9.17) is 4.74 Å². The predicted molar refractivity (Wildman–Crippen MR) is 341 cm³/mol. The summed E-state index contributed by atoms with van der Waals surface area (Å²) in [4.78, 5) is 4.96. The Morgan fingerprint density at radius 3 is 1.05 bits per heavy atom. The first-order valence-electron chi connectivity index (χ1n) is 27.2. The summed E-state index contributed by atoms with van der Waals surface area (Å²) in [5, 5.41) is 0. The van der Waals surface area contributed by atoms with Gasteiger partial charge in [-0.05, 0) is 110 Å². The number of halogens is 1. The lowest BCUT2D eigenvalue weighted by Crippen LogP contribution is -2.19. The zero-order chi connectivity index (χ0) is 54.4. The second-order valence-electron chi connectivity index (χ2n) is 21.1. The molecule has 0 spiro atoms. The van der Waals surface area contributed by atoms with Crippen LogP contribution in [-0.4, -0.2) is 0 Å². The maximum atomic E-state index is 6.96. The summed E-state index contributed by atoms with van der Waals surface area (Å²) in [5.74, 6) is 1.44. The Labute approximate surface area is 479 Å². The van der Waals surface area contributed by atoms with Crippen LogP contribution in [-0.2, 0) is 5.41 Å². The largest absolute Gasteiger partial charge is 0.457 e. The van der Waals surface area contributed by atoms with Crippen molar-refractivity contribution in [3.63, 3.8) is 0 Å². The summed E-state index contributed by atoms with van der Waals surface area (Å²) in [6.07, 6.45) is 0. The molecular formula is C76H59BrN2O. The van der Waals surface area contributed by atoms with Crippen LogP contribution in [0.1, 0.15) is 26.3 Å². The molecule has 12 aromatic carbocycles. The molecule has 386 valence electrons. The highest BCUT2D eigenvalue weighted by atomic mass is 79.9. The molecule has 0 radical (unpaired) electrons. The van der Waals surface area contributed by atoms with E-state index in [2.05, 4.69) is 338 Å². The Balaban J connectivity index is 1.17. The van der Waals surface area contributed by atoms with Gasteiger partial charge in [-0.15, -0.1) is 0 Å². The van der Waals surface area contributed by atoms with E-state index < -0.39 is 0 Å². The molecule has 0 aliphatic heterocycles. The summed E-state index contributed by atoms with van der Waals surface area (Å²) in [7, 11) is 0. The second kappa shape index (κ2) is 22.8. The molecule has 0 aliphatic rings. The molecule has 0 amide bonds. The van der Waals surface area contributed by atoms with E-state index >= 15 is 0 Å².